The lowest BCUT2D eigenvalue weighted by molar-refractivity contribution is -0.115. The Bertz CT molecular complexity index is 1270. The van der Waals surface area contributed by atoms with Gasteiger partial charge in [0.2, 0.25) is 5.91 Å². The third-order valence-corrected chi connectivity index (χ3v) is 4.77. The zero-order valence-corrected chi connectivity index (χ0v) is 18.0. The maximum absolute atomic E-state index is 12.5. The smallest absolute Gasteiger partial charge is 0.275 e. The molecule has 2 amide bonds. The van der Waals surface area contributed by atoms with Crippen molar-refractivity contribution in [3.8, 4) is 0 Å². The highest BCUT2D eigenvalue weighted by Gasteiger charge is 2.20. The number of para-hydroxylation sites is 2. The Labute approximate surface area is 185 Å². The first-order chi connectivity index (χ1) is 15.3. The summed E-state index contributed by atoms with van der Waals surface area (Å²) in [7, 11) is 0. The van der Waals surface area contributed by atoms with Crippen molar-refractivity contribution in [2.45, 2.75) is 32.6 Å². The van der Waals surface area contributed by atoms with E-state index in [-0.39, 0.29) is 29.3 Å². The number of nitrogens with zero attached hydrogens (tertiary/aromatic N) is 3. The van der Waals surface area contributed by atoms with Crippen LogP contribution in [0.4, 0.5) is 11.5 Å². The van der Waals surface area contributed by atoms with Gasteiger partial charge < -0.3 is 15.2 Å². The van der Waals surface area contributed by atoms with E-state index in [1.165, 1.54) is 6.20 Å². The van der Waals surface area contributed by atoms with E-state index in [0.29, 0.717) is 22.8 Å². The maximum atomic E-state index is 12.5. The van der Waals surface area contributed by atoms with Crippen molar-refractivity contribution in [1.29, 1.82) is 0 Å². The Morgan fingerprint density at radius 1 is 0.969 bits per heavy atom. The van der Waals surface area contributed by atoms with Gasteiger partial charge in [-0.3, -0.25) is 14.6 Å². The number of hydrogen-bond acceptors (Lipinski definition) is 6. The summed E-state index contributed by atoms with van der Waals surface area (Å²) in [5.74, 6) is 0.528. The van der Waals surface area contributed by atoms with Crippen molar-refractivity contribution in [2.24, 2.45) is 0 Å². The molecule has 2 aromatic heterocycles. The highest BCUT2D eigenvalue weighted by atomic mass is 16.5. The van der Waals surface area contributed by atoms with Crippen LogP contribution in [0.15, 0.2) is 65.3 Å². The number of aromatic nitrogens is 3. The molecule has 8 nitrogen and oxygen atoms in total. The van der Waals surface area contributed by atoms with Gasteiger partial charge in [-0.05, 0) is 29.8 Å². The molecule has 8 heteroatoms. The third-order valence-electron chi connectivity index (χ3n) is 4.77. The standard InChI is InChI=1S/C24H23N5O3/c1-24(2,3)20-13-21(29-32-20)28-22(30)12-15-8-10-16(11-9-15)26-23(31)19-14-25-17-6-4-5-7-18(17)27-19/h4-11,13-14H,12H2,1-3H3,(H,26,31)(H,28,29,30). The van der Waals surface area contributed by atoms with Crippen molar-refractivity contribution in [2.75, 3.05) is 10.6 Å². The number of hydrogen-bond donors (Lipinski definition) is 2. The van der Waals surface area contributed by atoms with Crippen molar-refractivity contribution < 1.29 is 14.1 Å². The van der Waals surface area contributed by atoms with Crippen LogP contribution in [-0.2, 0) is 16.6 Å². The van der Waals surface area contributed by atoms with Gasteiger partial charge in [-0.2, -0.15) is 0 Å². The Hall–Kier alpha value is -4.07. The average Bonchev–Trinajstić information content (AvgIpc) is 3.23. The van der Waals surface area contributed by atoms with Crippen LogP contribution in [0.3, 0.4) is 0 Å². The Kier molecular flexibility index (Phi) is 5.68. The lowest BCUT2D eigenvalue weighted by Crippen LogP contribution is -2.15. The number of rotatable bonds is 5. The molecule has 0 aliphatic rings. The molecule has 2 aromatic carbocycles. The fourth-order valence-electron chi connectivity index (χ4n) is 3.03. The molecule has 0 atom stereocenters. The molecule has 0 aliphatic carbocycles. The second-order valence-electron chi connectivity index (χ2n) is 8.45. The van der Waals surface area contributed by atoms with E-state index in [2.05, 4.69) is 25.8 Å². The molecule has 2 heterocycles. The van der Waals surface area contributed by atoms with E-state index in [0.717, 1.165) is 11.1 Å². The highest BCUT2D eigenvalue weighted by molar-refractivity contribution is 6.03. The summed E-state index contributed by atoms with van der Waals surface area (Å²) < 4.78 is 5.28. The molecular weight excluding hydrogens is 406 g/mol. The highest BCUT2D eigenvalue weighted by Crippen LogP contribution is 2.24. The van der Waals surface area contributed by atoms with Gasteiger partial charge in [-0.15, -0.1) is 0 Å². The van der Waals surface area contributed by atoms with E-state index in [4.69, 9.17) is 4.52 Å². The first-order valence-corrected chi connectivity index (χ1v) is 10.2. The monoisotopic (exact) mass is 429 g/mol. The SMILES string of the molecule is CC(C)(C)c1cc(NC(=O)Cc2ccc(NC(=O)c3cnc4ccccc4n3)cc2)no1. The number of anilines is 2. The quantitative estimate of drug-likeness (QED) is 0.488. The lowest BCUT2D eigenvalue weighted by atomic mass is 9.93. The maximum Gasteiger partial charge on any atom is 0.275 e. The predicted molar refractivity (Wildman–Crippen MR) is 121 cm³/mol. The van der Waals surface area contributed by atoms with Crippen LogP contribution in [0.1, 0.15) is 42.6 Å². The summed E-state index contributed by atoms with van der Waals surface area (Å²) in [4.78, 5) is 33.4. The summed E-state index contributed by atoms with van der Waals surface area (Å²) in [5.41, 5.74) is 2.82. The summed E-state index contributed by atoms with van der Waals surface area (Å²) in [6, 6.07) is 16.1. The zero-order valence-electron chi connectivity index (χ0n) is 18.0. The van der Waals surface area contributed by atoms with E-state index in [1.807, 2.05) is 45.0 Å². The molecule has 0 radical (unpaired) electrons. The largest absolute Gasteiger partial charge is 0.359 e. The van der Waals surface area contributed by atoms with Crippen LogP contribution >= 0.6 is 0 Å². The first-order valence-electron chi connectivity index (χ1n) is 10.2. The van der Waals surface area contributed by atoms with Crippen LogP contribution in [-0.4, -0.2) is 26.9 Å². The summed E-state index contributed by atoms with van der Waals surface area (Å²) >= 11 is 0. The molecule has 162 valence electrons. The minimum absolute atomic E-state index is 0.169. The van der Waals surface area contributed by atoms with Gasteiger partial charge >= 0.3 is 0 Å². The Morgan fingerprint density at radius 2 is 1.69 bits per heavy atom. The van der Waals surface area contributed by atoms with Gasteiger partial charge in [-0.25, -0.2) is 4.98 Å². The predicted octanol–water partition coefficient (Wildman–Crippen LogP) is 4.35. The van der Waals surface area contributed by atoms with Gasteiger partial charge in [0.15, 0.2) is 5.82 Å². The fourth-order valence-corrected chi connectivity index (χ4v) is 3.03. The molecule has 4 rings (SSSR count). The first kappa shape index (κ1) is 21.2. The van der Waals surface area contributed by atoms with Crippen molar-refractivity contribution in [3.63, 3.8) is 0 Å². The van der Waals surface area contributed by atoms with Gasteiger partial charge in [0.05, 0.1) is 23.7 Å². The van der Waals surface area contributed by atoms with Crippen LogP contribution in [0.2, 0.25) is 0 Å². The minimum atomic E-state index is -0.352. The molecule has 0 bridgehead atoms. The van der Waals surface area contributed by atoms with Gasteiger partial charge in [-0.1, -0.05) is 50.2 Å². The number of carbonyl (C=O) groups excluding carboxylic acids is 2. The second-order valence-corrected chi connectivity index (χ2v) is 8.45. The van der Waals surface area contributed by atoms with Crippen molar-refractivity contribution in [3.05, 3.63) is 77.8 Å². The number of fused-ring (bicyclic) bond motifs is 1. The third kappa shape index (κ3) is 4.97. The Morgan fingerprint density at radius 3 is 2.38 bits per heavy atom. The molecule has 32 heavy (non-hydrogen) atoms. The van der Waals surface area contributed by atoms with Crippen LogP contribution < -0.4 is 10.6 Å². The van der Waals surface area contributed by atoms with E-state index >= 15 is 0 Å². The molecular formula is C24H23N5O3. The second kappa shape index (κ2) is 8.58. The summed E-state index contributed by atoms with van der Waals surface area (Å²) in [6.45, 7) is 6.02. The topological polar surface area (TPSA) is 110 Å². The summed E-state index contributed by atoms with van der Waals surface area (Å²) in [6.07, 6.45) is 1.62. The lowest BCUT2D eigenvalue weighted by Gasteiger charge is -2.12. The molecule has 0 unspecified atom stereocenters. The molecule has 4 aromatic rings. The zero-order chi connectivity index (χ0) is 22.7. The molecule has 0 spiro atoms. The molecule has 0 aliphatic heterocycles. The van der Waals surface area contributed by atoms with Gasteiger partial charge in [0.1, 0.15) is 11.5 Å². The Balaban J connectivity index is 1.35. The van der Waals surface area contributed by atoms with E-state index in [9.17, 15) is 9.59 Å². The van der Waals surface area contributed by atoms with Crippen molar-refractivity contribution in [1.82, 2.24) is 15.1 Å². The van der Waals surface area contributed by atoms with Crippen LogP contribution in [0.25, 0.3) is 11.0 Å². The normalized spacial score (nSPS) is 11.3. The number of nitrogens with one attached hydrogen (secondary N) is 2. The van der Waals surface area contributed by atoms with Crippen LogP contribution in [0.5, 0.6) is 0 Å². The molecule has 2 N–H and O–H groups in total. The summed E-state index contributed by atoms with van der Waals surface area (Å²) in [5, 5.41) is 9.43. The molecule has 0 saturated carbocycles. The van der Waals surface area contributed by atoms with E-state index in [1.54, 1.807) is 30.3 Å². The van der Waals surface area contributed by atoms with Crippen LogP contribution in [0, 0.1) is 0 Å². The van der Waals surface area contributed by atoms with Crippen molar-refractivity contribution >= 4 is 34.4 Å². The number of amides is 2. The average molecular weight is 429 g/mol. The molecule has 0 saturated heterocycles. The molecule has 0 fully saturated rings. The van der Waals surface area contributed by atoms with Gasteiger partial charge in [0.25, 0.3) is 5.91 Å². The minimum Gasteiger partial charge on any atom is -0.359 e. The van der Waals surface area contributed by atoms with Gasteiger partial charge in [0, 0.05) is 17.2 Å². The number of benzene rings is 2. The fraction of sp³-hybridized carbons (Fsp3) is 0.208. The number of carbonyl (C=O) groups is 2. The van der Waals surface area contributed by atoms with E-state index < -0.39 is 0 Å².